The Kier molecular flexibility index (Phi) is 2.01. The fourth-order valence-electron chi connectivity index (χ4n) is 1.03. The fraction of sp³-hybridized carbons (Fsp3) is 0. The number of nitrogen functional groups attached to an aromatic ring is 2. The van der Waals surface area contributed by atoms with Crippen LogP contribution in [0, 0.1) is 0 Å². The van der Waals surface area contributed by atoms with Crippen LogP contribution in [0.3, 0.4) is 0 Å². The average Bonchev–Trinajstić information content (AvgIpc) is 2.57. The number of rotatable bonds is 1. The van der Waals surface area contributed by atoms with Crippen molar-refractivity contribution >= 4 is 23.1 Å². The first-order valence-electron chi connectivity index (χ1n) is 3.89. The molecule has 2 aromatic heterocycles. The molecule has 0 radical (unpaired) electrons. The highest BCUT2D eigenvalue weighted by Gasteiger charge is 2.02. The Balaban J connectivity index is 2.47. The summed E-state index contributed by atoms with van der Waals surface area (Å²) in [6, 6.07) is 3.39. The molecule has 0 unspecified atom stereocenters. The van der Waals surface area contributed by atoms with E-state index in [2.05, 4.69) is 10.1 Å². The molecule has 2 rings (SSSR count). The molecule has 0 saturated carbocycles. The van der Waals surface area contributed by atoms with E-state index in [-0.39, 0.29) is 5.82 Å². The maximum absolute atomic E-state index is 5.71. The van der Waals surface area contributed by atoms with Gasteiger partial charge in [0.15, 0.2) is 5.82 Å². The Morgan fingerprint density at radius 2 is 2.07 bits per heavy atom. The van der Waals surface area contributed by atoms with Crippen LogP contribution in [0.4, 0.5) is 11.5 Å². The second-order valence-electron chi connectivity index (χ2n) is 2.75. The van der Waals surface area contributed by atoms with E-state index in [0.717, 1.165) is 0 Å². The maximum Gasteiger partial charge on any atom is 0.155 e. The molecule has 14 heavy (non-hydrogen) atoms. The number of hydrogen-bond donors (Lipinski definition) is 2. The van der Waals surface area contributed by atoms with E-state index >= 15 is 0 Å². The van der Waals surface area contributed by atoms with E-state index in [1.54, 1.807) is 18.3 Å². The van der Waals surface area contributed by atoms with E-state index in [1.165, 1.54) is 10.9 Å². The van der Waals surface area contributed by atoms with E-state index in [9.17, 15) is 0 Å². The third-order valence-electron chi connectivity index (χ3n) is 1.73. The van der Waals surface area contributed by atoms with Crippen LogP contribution in [0.25, 0.3) is 5.82 Å². The van der Waals surface area contributed by atoms with E-state index in [0.29, 0.717) is 16.5 Å². The molecule has 0 saturated heterocycles. The van der Waals surface area contributed by atoms with Crippen molar-refractivity contribution in [1.82, 2.24) is 14.8 Å². The molecule has 0 bridgehead atoms. The van der Waals surface area contributed by atoms with E-state index in [1.807, 2.05) is 0 Å². The number of anilines is 2. The largest absolute Gasteiger partial charge is 0.396 e. The highest BCUT2D eigenvalue weighted by Crippen LogP contribution is 2.15. The molecule has 72 valence electrons. The standard InChI is InChI=1S/C8H8ClN5/c9-5-3-12-14(4-5)7-2-1-6(10)8(11)13-7/h1-4H,10H2,(H2,11,13). The number of pyridine rings is 1. The first kappa shape index (κ1) is 8.83. The van der Waals surface area contributed by atoms with Gasteiger partial charge in [-0.15, -0.1) is 0 Å². The lowest BCUT2D eigenvalue weighted by Gasteiger charge is -2.02. The third-order valence-corrected chi connectivity index (χ3v) is 1.92. The molecule has 4 N–H and O–H groups in total. The third kappa shape index (κ3) is 1.49. The Hall–Kier alpha value is -1.75. The van der Waals surface area contributed by atoms with Gasteiger partial charge in [0.1, 0.15) is 5.82 Å². The highest BCUT2D eigenvalue weighted by molar-refractivity contribution is 6.30. The number of nitrogens with two attached hydrogens (primary N) is 2. The number of halogens is 1. The molecule has 2 heterocycles. The normalized spacial score (nSPS) is 10.4. The van der Waals surface area contributed by atoms with Gasteiger partial charge in [-0.3, -0.25) is 0 Å². The quantitative estimate of drug-likeness (QED) is 0.737. The van der Waals surface area contributed by atoms with Crippen LogP contribution in [-0.4, -0.2) is 14.8 Å². The molecule has 5 nitrogen and oxygen atoms in total. The van der Waals surface area contributed by atoms with Gasteiger partial charge in [-0.05, 0) is 12.1 Å². The van der Waals surface area contributed by atoms with Gasteiger partial charge < -0.3 is 11.5 Å². The zero-order valence-electron chi connectivity index (χ0n) is 7.18. The maximum atomic E-state index is 5.71. The first-order chi connectivity index (χ1) is 6.66. The van der Waals surface area contributed by atoms with Crippen molar-refractivity contribution in [2.75, 3.05) is 11.5 Å². The second-order valence-corrected chi connectivity index (χ2v) is 3.18. The number of aromatic nitrogens is 3. The van der Waals surface area contributed by atoms with Gasteiger partial charge in [0.25, 0.3) is 0 Å². The Bertz CT molecular complexity index is 465. The van der Waals surface area contributed by atoms with Crippen molar-refractivity contribution in [3.05, 3.63) is 29.5 Å². The van der Waals surface area contributed by atoms with Gasteiger partial charge in [0.2, 0.25) is 0 Å². The van der Waals surface area contributed by atoms with Gasteiger partial charge in [-0.2, -0.15) is 5.10 Å². The predicted molar refractivity (Wildman–Crippen MR) is 55.2 cm³/mol. The summed E-state index contributed by atoms with van der Waals surface area (Å²) >= 11 is 5.71. The summed E-state index contributed by atoms with van der Waals surface area (Å²) in [5.41, 5.74) is 11.5. The molecule has 2 aromatic rings. The minimum atomic E-state index is 0.286. The summed E-state index contributed by atoms with van der Waals surface area (Å²) in [4.78, 5) is 4.05. The van der Waals surface area contributed by atoms with Crippen LogP contribution in [0.2, 0.25) is 5.02 Å². The highest BCUT2D eigenvalue weighted by atomic mass is 35.5. The zero-order valence-corrected chi connectivity index (χ0v) is 7.94. The minimum Gasteiger partial charge on any atom is -0.396 e. The summed E-state index contributed by atoms with van der Waals surface area (Å²) in [5.74, 6) is 0.873. The monoisotopic (exact) mass is 209 g/mol. The molecule has 0 aliphatic carbocycles. The van der Waals surface area contributed by atoms with Crippen LogP contribution in [-0.2, 0) is 0 Å². The summed E-state index contributed by atoms with van der Waals surface area (Å²) in [6.07, 6.45) is 3.16. The van der Waals surface area contributed by atoms with Crippen LogP contribution in [0.5, 0.6) is 0 Å². The molecule has 0 aromatic carbocycles. The topological polar surface area (TPSA) is 82.8 Å². The second kappa shape index (κ2) is 3.19. The summed E-state index contributed by atoms with van der Waals surface area (Å²) in [6.45, 7) is 0. The van der Waals surface area contributed by atoms with Crippen molar-refractivity contribution in [2.45, 2.75) is 0 Å². The van der Waals surface area contributed by atoms with Crippen molar-refractivity contribution in [2.24, 2.45) is 0 Å². The molecule has 6 heteroatoms. The van der Waals surface area contributed by atoms with E-state index in [4.69, 9.17) is 23.1 Å². The SMILES string of the molecule is Nc1ccc(-n2cc(Cl)cn2)nc1N. The molecular formula is C8H8ClN5. The Labute approximate surface area is 85.3 Å². The van der Waals surface area contributed by atoms with Crippen LogP contribution in [0.15, 0.2) is 24.5 Å². The van der Waals surface area contributed by atoms with Crippen molar-refractivity contribution in [1.29, 1.82) is 0 Å². The Morgan fingerprint density at radius 1 is 1.29 bits per heavy atom. The van der Waals surface area contributed by atoms with Gasteiger partial charge in [-0.1, -0.05) is 11.6 Å². The Morgan fingerprint density at radius 3 is 2.64 bits per heavy atom. The average molecular weight is 210 g/mol. The van der Waals surface area contributed by atoms with Crippen molar-refractivity contribution in [3.63, 3.8) is 0 Å². The number of hydrogen-bond acceptors (Lipinski definition) is 4. The van der Waals surface area contributed by atoms with Gasteiger partial charge in [0.05, 0.1) is 23.1 Å². The van der Waals surface area contributed by atoms with Crippen molar-refractivity contribution < 1.29 is 0 Å². The fourth-order valence-corrected chi connectivity index (χ4v) is 1.16. The van der Waals surface area contributed by atoms with Crippen LogP contribution >= 0.6 is 11.6 Å². The van der Waals surface area contributed by atoms with Gasteiger partial charge >= 0.3 is 0 Å². The molecule has 0 amide bonds. The summed E-state index contributed by atoms with van der Waals surface area (Å²) < 4.78 is 1.53. The van der Waals surface area contributed by atoms with Gasteiger partial charge in [-0.25, -0.2) is 9.67 Å². The lowest BCUT2D eigenvalue weighted by molar-refractivity contribution is 0.849. The molecule has 0 aliphatic rings. The van der Waals surface area contributed by atoms with E-state index < -0.39 is 0 Å². The van der Waals surface area contributed by atoms with Crippen LogP contribution in [0.1, 0.15) is 0 Å². The van der Waals surface area contributed by atoms with Crippen LogP contribution < -0.4 is 11.5 Å². The molecule has 0 aliphatic heterocycles. The molecular weight excluding hydrogens is 202 g/mol. The van der Waals surface area contributed by atoms with Gasteiger partial charge in [0, 0.05) is 0 Å². The smallest absolute Gasteiger partial charge is 0.155 e. The predicted octanol–water partition coefficient (Wildman–Crippen LogP) is 1.09. The molecule has 0 fully saturated rings. The lowest BCUT2D eigenvalue weighted by Crippen LogP contribution is -2.03. The lowest BCUT2D eigenvalue weighted by atomic mass is 10.4. The number of nitrogens with zero attached hydrogens (tertiary/aromatic N) is 3. The van der Waals surface area contributed by atoms with Crippen molar-refractivity contribution in [3.8, 4) is 5.82 Å². The summed E-state index contributed by atoms with van der Waals surface area (Å²) in [5, 5.41) is 4.53. The first-order valence-corrected chi connectivity index (χ1v) is 4.27. The molecule has 0 atom stereocenters. The summed E-state index contributed by atoms with van der Waals surface area (Å²) in [7, 11) is 0. The zero-order chi connectivity index (χ0) is 10.1. The minimum absolute atomic E-state index is 0.286. The molecule has 0 spiro atoms.